The summed E-state index contributed by atoms with van der Waals surface area (Å²) in [5, 5.41) is 3.76. The Morgan fingerprint density at radius 1 is 1.38 bits per heavy atom. The number of amides is 1. The van der Waals surface area contributed by atoms with Crippen LogP contribution in [0.4, 0.5) is 0 Å². The van der Waals surface area contributed by atoms with Gasteiger partial charge in [0, 0.05) is 4.88 Å². The summed E-state index contributed by atoms with van der Waals surface area (Å²) in [6, 6.07) is 10.7. The zero-order chi connectivity index (χ0) is 14.7. The lowest BCUT2D eigenvalue weighted by atomic mass is 9.85. The van der Waals surface area contributed by atoms with E-state index < -0.39 is 0 Å². The number of carbonyl (C=O) groups excluding carboxylic acids is 1. The minimum absolute atomic E-state index is 0.00116. The average Bonchev–Trinajstić information content (AvgIpc) is 2.95. The summed E-state index contributed by atoms with van der Waals surface area (Å²) < 4.78 is 0. The fourth-order valence-corrected chi connectivity index (χ4v) is 3.96. The fraction of sp³-hybridized carbons (Fsp3) is 0.375. The van der Waals surface area contributed by atoms with Gasteiger partial charge in [-0.3, -0.25) is 4.79 Å². The van der Waals surface area contributed by atoms with Crippen molar-refractivity contribution in [1.82, 2.24) is 10.3 Å². The average molecular weight is 321 g/mol. The largest absolute Gasteiger partial charge is 0.349 e. The zero-order valence-corrected chi connectivity index (χ0v) is 13.2. The van der Waals surface area contributed by atoms with Crippen LogP contribution in [0.1, 0.15) is 33.5 Å². The first-order chi connectivity index (χ1) is 10.3. The molecule has 1 heterocycles. The van der Waals surface area contributed by atoms with Crippen LogP contribution < -0.4 is 5.32 Å². The number of hydrogen-bond donors (Lipinski definition) is 1. The van der Waals surface area contributed by atoms with E-state index >= 15 is 0 Å². The summed E-state index contributed by atoms with van der Waals surface area (Å²) in [6.45, 7) is 0.485. The van der Waals surface area contributed by atoms with Gasteiger partial charge in [-0.1, -0.05) is 30.3 Å². The Morgan fingerprint density at radius 3 is 2.95 bits per heavy atom. The van der Waals surface area contributed by atoms with Crippen LogP contribution in [0, 0.1) is 0 Å². The van der Waals surface area contributed by atoms with Crippen molar-refractivity contribution in [2.75, 3.05) is 5.88 Å². The van der Waals surface area contributed by atoms with Gasteiger partial charge in [-0.2, -0.15) is 0 Å². The molecule has 5 heteroatoms. The van der Waals surface area contributed by atoms with Gasteiger partial charge in [0.1, 0.15) is 10.9 Å². The van der Waals surface area contributed by atoms with Gasteiger partial charge in [0.15, 0.2) is 0 Å². The van der Waals surface area contributed by atoms with Crippen LogP contribution in [-0.2, 0) is 24.2 Å². The van der Waals surface area contributed by atoms with Crippen LogP contribution in [0.25, 0.3) is 0 Å². The van der Waals surface area contributed by atoms with Gasteiger partial charge < -0.3 is 5.32 Å². The summed E-state index contributed by atoms with van der Waals surface area (Å²) in [5.74, 6) is 0.442. The van der Waals surface area contributed by atoms with Crippen molar-refractivity contribution in [3.05, 3.63) is 51.5 Å². The van der Waals surface area contributed by atoms with Gasteiger partial charge in [-0.15, -0.1) is 22.9 Å². The number of fused-ring (bicyclic) bond motifs is 1. The molecule has 0 radical (unpaired) electrons. The number of rotatable bonds is 4. The second-order valence-electron chi connectivity index (χ2n) is 5.24. The number of thiazole rings is 1. The third-order valence-electron chi connectivity index (χ3n) is 3.81. The molecule has 0 bridgehead atoms. The van der Waals surface area contributed by atoms with Gasteiger partial charge in [0.05, 0.1) is 12.2 Å². The molecule has 2 aromatic rings. The molecule has 1 unspecified atom stereocenters. The molecule has 0 saturated carbocycles. The maximum atomic E-state index is 11.2. The van der Waals surface area contributed by atoms with Gasteiger partial charge in [-0.25, -0.2) is 4.98 Å². The lowest BCUT2D eigenvalue weighted by Crippen LogP contribution is -2.23. The predicted molar refractivity (Wildman–Crippen MR) is 85.9 cm³/mol. The molecule has 1 amide bonds. The summed E-state index contributed by atoms with van der Waals surface area (Å²) in [5.41, 5.74) is 2.62. The Morgan fingerprint density at radius 2 is 2.19 bits per heavy atom. The number of carbonyl (C=O) groups is 1. The molecule has 0 saturated heterocycles. The number of benzene rings is 1. The second kappa shape index (κ2) is 6.58. The predicted octanol–water partition coefficient (Wildman–Crippen LogP) is 3.27. The Bertz CT molecular complexity index is 626. The van der Waals surface area contributed by atoms with Crippen molar-refractivity contribution in [3.8, 4) is 0 Å². The smallest absolute Gasteiger partial charge is 0.235 e. The van der Waals surface area contributed by atoms with E-state index in [0.717, 1.165) is 24.3 Å². The highest BCUT2D eigenvalue weighted by atomic mass is 35.5. The molecule has 0 fully saturated rings. The standard InChI is InChI=1S/C16H17ClN2OS/c17-9-15(20)18-10-16-19-13-7-6-12(8-14(13)21-16)11-4-2-1-3-5-11/h1-5,12H,6-10H2,(H,18,20). The normalized spacial score (nSPS) is 17.3. The molecular weight excluding hydrogens is 304 g/mol. The first-order valence-electron chi connectivity index (χ1n) is 7.11. The maximum absolute atomic E-state index is 11.2. The topological polar surface area (TPSA) is 42.0 Å². The van der Waals surface area contributed by atoms with E-state index in [9.17, 15) is 4.79 Å². The first-order valence-corrected chi connectivity index (χ1v) is 8.46. The summed E-state index contributed by atoms with van der Waals surface area (Å²) >= 11 is 7.19. The van der Waals surface area contributed by atoms with Crippen molar-refractivity contribution < 1.29 is 4.79 Å². The van der Waals surface area contributed by atoms with E-state index in [-0.39, 0.29) is 11.8 Å². The monoisotopic (exact) mass is 320 g/mol. The van der Waals surface area contributed by atoms with Crippen molar-refractivity contribution in [2.45, 2.75) is 31.7 Å². The molecule has 0 spiro atoms. The van der Waals surface area contributed by atoms with Crippen molar-refractivity contribution in [2.24, 2.45) is 0 Å². The van der Waals surface area contributed by atoms with Crippen LogP contribution in [-0.4, -0.2) is 16.8 Å². The van der Waals surface area contributed by atoms with Crippen LogP contribution in [0.15, 0.2) is 30.3 Å². The van der Waals surface area contributed by atoms with Crippen LogP contribution >= 0.6 is 22.9 Å². The number of halogens is 1. The molecule has 1 aliphatic rings. The highest BCUT2D eigenvalue weighted by Crippen LogP contribution is 2.35. The molecule has 0 aliphatic heterocycles. The van der Waals surface area contributed by atoms with E-state index in [1.807, 2.05) is 0 Å². The molecule has 1 aromatic carbocycles. The zero-order valence-electron chi connectivity index (χ0n) is 11.6. The Hall–Kier alpha value is -1.39. The lowest BCUT2D eigenvalue weighted by Gasteiger charge is -2.21. The van der Waals surface area contributed by atoms with E-state index in [1.54, 1.807) is 11.3 Å². The van der Waals surface area contributed by atoms with E-state index in [1.165, 1.54) is 16.1 Å². The van der Waals surface area contributed by atoms with E-state index in [2.05, 4.69) is 40.6 Å². The van der Waals surface area contributed by atoms with Crippen molar-refractivity contribution >= 4 is 28.8 Å². The highest BCUT2D eigenvalue weighted by molar-refractivity contribution is 7.11. The molecular formula is C16H17ClN2OS. The van der Waals surface area contributed by atoms with E-state index in [4.69, 9.17) is 11.6 Å². The lowest BCUT2D eigenvalue weighted by molar-refractivity contribution is -0.118. The van der Waals surface area contributed by atoms with Crippen molar-refractivity contribution in [1.29, 1.82) is 0 Å². The van der Waals surface area contributed by atoms with Crippen LogP contribution in [0.3, 0.4) is 0 Å². The number of aromatic nitrogens is 1. The Labute approximate surface area is 133 Å². The van der Waals surface area contributed by atoms with E-state index in [0.29, 0.717) is 12.5 Å². The Kier molecular flexibility index (Phi) is 4.56. The summed E-state index contributed by atoms with van der Waals surface area (Å²) in [4.78, 5) is 17.2. The molecule has 110 valence electrons. The molecule has 3 nitrogen and oxygen atoms in total. The van der Waals surface area contributed by atoms with Gasteiger partial charge in [0.2, 0.25) is 5.91 Å². The number of hydrogen-bond acceptors (Lipinski definition) is 3. The molecule has 1 aliphatic carbocycles. The minimum atomic E-state index is -0.146. The van der Waals surface area contributed by atoms with Crippen LogP contribution in [0.5, 0.6) is 0 Å². The fourth-order valence-electron chi connectivity index (χ4n) is 2.74. The maximum Gasteiger partial charge on any atom is 0.235 e. The number of aryl methyl sites for hydroxylation is 1. The van der Waals surface area contributed by atoms with Gasteiger partial charge in [0.25, 0.3) is 0 Å². The SMILES string of the molecule is O=C(CCl)NCc1nc2c(s1)CC(c1ccccc1)CC2. The summed E-state index contributed by atoms with van der Waals surface area (Å²) in [7, 11) is 0. The molecule has 1 N–H and O–H groups in total. The molecule has 1 aromatic heterocycles. The molecule has 3 rings (SSSR count). The second-order valence-corrected chi connectivity index (χ2v) is 6.67. The number of nitrogens with zero attached hydrogens (tertiary/aromatic N) is 1. The first kappa shape index (κ1) is 14.5. The molecule has 21 heavy (non-hydrogen) atoms. The third kappa shape index (κ3) is 3.44. The third-order valence-corrected chi connectivity index (χ3v) is 5.18. The number of nitrogens with one attached hydrogen (secondary N) is 1. The highest BCUT2D eigenvalue weighted by Gasteiger charge is 2.23. The summed E-state index contributed by atoms with van der Waals surface area (Å²) in [6.07, 6.45) is 3.23. The van der Waals surface area contributed by atoms with Gasteiger partial charge >= 0.3 is 0 Å². The molecule has 1 atom stereocenters. The Balaban J connectivity index is 1.69. The van der Waals surface area contributed by atoms with Crippen LogP contribution in [0.2, 0.25) is 0 Å². The number of alkyl halides is 1. The quantitative estimate of drug-likeness (QED) is 0.878. The van der Waals surface area contributed by atoms with Gasteiger partial charge in [-0.05, 0) is 30.7 Å². The minimum Gasteiger partial charge on any atom is -0.349 e. The van der Waals surface area contributed by atoms with Crippen molar-refractivity contribution in [3.63, 3.8) is 0 Å².